The van der Waals surface area contributed by atoms with Crippen LogP contribution in [-0.2, 0) is 11.3 Å². The largest absolute Gasteiger partial charge is 0.368 e. The lowest BCUT2D eigenvalue weighted by Crippen LogP contribution is -2.46. The number of benzene rings is 2. The fraction of sp³-hybridized carbons (Fsp3) is 0.238. The van der Waals surface area contributed by atoms with Gasteiger partial charge in [-0.15, -0.1) is 0 Å². The van der Waals surface area contributed by atoms with E-state index in [0.717, 1.165) is 5.39 Å². The molecule has 3 aromatic rings. The van der Waals surface area contributed by atoms with E-state index in [-0.39, 0.29) is 19.0 Å². The number of fused-ring (bicyclic) bond motifs is 4. The molecule has 0 saturated heterocycles. The van der Waals surface area contributed by atoms with E-state index in [4.69, 9.17) is 5.73 Å². The minimum Gasteiger partial charge on any atom is -0.368 e. The van der Waals surface area contributed by atoms with Crippen molar-refractivity contribution in [2.75, 3.05) is 17.2 Å². The summed E-state index contributed by atoms with van der Waals surface area (Å²) >= 11 is 0. The maximum absolute atomic E-state index is 13.1. The van der Waals surface area contributed by atoms with Gasteiger partial charge in [-0.3, -0.25) is 4.79 Å². The Hall–Kier alpha value is -3.75. The summed E-state index contributed by atoms with van der Waals surface area (Å²) in [4.78, 5) is 35.7. The number of nitrogens with zero attached hydrogens (tertiary/aromatic N) is 3. The molecule has 0 radical (unpaired) electrons. The predicted octanol–water partition coefficient (Wildman–Crippen LogP) is 2.72. The van der Waals surface area contributed by atoms with Crippen molar-refractivity contribution in [3.05, 3.63) is 60.2 Å². The number of aromatic nitrogens is 2. The molecule has 154 valence electrons. The van der Waals surface area contributed by atoms with Crippen LogP contribution in [0.15, 0.2) is 48.5 Å². The highest BCUT2D eigenvalue weighted by atomic mass is 19.1. The minimum atomic E-state index is -0.727. The van der Waals surface area contributed by atoms with Crippen LogP contribution in [0.3, 0.4) is 0 Å². The van der Waals surface area contributed by atoms with Gasteiger partial charge in [0.05, 0.1) is 12.1 Å². The number of nitrogens with two attached hydrogens (primary N) is 1. The molecule has 1 aliphatic heterocycles. The molecular weight excluding hydrogens is 387 g/mol. The lowest BCUT2D eigenvalue weighted by Gasteiger charge is -2.28. The number of hydrogen-bond acceptors (Lipinski definition) is 5. The zero-order chi connectivity index (χ0) is 21.3. The van der Waals surface area contributed by atoms with Crippen LogP contribution >= 0.6 is 0 Å². The quantitative estimate of drug-likeness (QED) is 0.603. The average molecular weight is 408 g/mol. The van der Waals surface area contributed by atoms with Crippen molar-refractivity contribution in [1.82, 2.24) is 14.9 Å². The second-order valence-electron chi connectivity index (χ2n) is 7.32. The Morgan fingerprint density at radius 1 is 1.17 bits per heavy atom. The van der Waals surface area contributed by atoms with Crippen LogP contribution in [-0.4, -0.2) is 39.4 Å². The highest BCUT2D eigenvalue weighted by Gasteiger charge is 2.30. The van der Waals surface area contributed by atoms with Gasteiger partial charge in [-0.25, -0.2) is 19.2 Å². The van der Waals surface area contributed by atoms with E-state index >= 15 is 0 Å². The van der Waals surface area contributed by atoms with Crippen molar-refractivity contribution in [2.45, 2.75) is 19.5 Å². The first-order valence-electron chi connectivity index (χ1n) is 9.53. The summed E-state index contributed by atoms with van der Waals surface area (Å²) in [5.74, 6) is -0.282. The molecular formula is C21H21FN6O2. The highest BCUT2D eigenvalue weighted by molar-refractivity contribution is 5.93. The smallest absolute Gasteiger partial charge is 0.322 e. The Kier molecular flexibility index (Phi) is 5.18. The first-order valence-corrected chi connectivity index (χ1v) is 9.53. The molecule has 0 aliphatic carbocycles. The van der Waals surface area contributed by atoms with Crippen molar-refractivity contribution < 1.29 is 14.0 Å². The molecule has 9 heteroatoms. The number of carbonyl (C=O) groups is 2. The Bertz CT molecular complexity index is 1100. The lowest BCUT2D eigenvalue weighted by atomic mass is 10.0. The van der Waals surface area contributed by atoms with Gasteiger partial charge in [-0.05, 0) is 36.4 Å². The average Bonchev–Trinajstić information content (AvgIpc) is 2.77. The summed E-state index contributed by atoms with van der Waals surface area (Å²) in [6.45, 7) is 2.22. The minimum absolute atomic E-state index is 0.141. The van der Waals surface area contributed by atoms with E-state index in [2.05, 4.69) is 20.6 Å². The van der Waals surface area contributed by atoms with Gasteiger partial charge in [-0.2, -0.15) is 0 Å². The fourth-order valence-electron chi connectivity index (χ4n) is 3.53. The van der Waals surface area contributed by atoms with Gasteiger partial charge in [0.1, 0.15) is 17.7 Å². The van der Waals surface area contributed by atoms with E-state index in [0.29, 0.717) is 22.8 Å². The summed E-state index contributed by atoms with van der Waals surface area (Å²) in [5, 5.41) is 6.66. The molecule has 1 unspecified atom stereocenters. The van der Waals surface area contributed by atoms with Crippen LogP contribution < -0.4 is 16.4 Å². The number of para-hydroxylation sites is 1. The molecule has 0 spiro atoms. The number of rotatable bonds is 2. The second-order valence-corrected chi connectivity index (χ2v) is 7.32. The van der Waals surface area contributed by atoms with Crippen molar-refractivity contribution in [3.8, 4) is 0 Å². The monoisotopic (exact) mass is 408 g/mol. The fourth-order valence-corrected chi connectivity index (χ4v) is 3.53. The van der Waals surface area contributed by atoms with Gasteiger partial charge < -0.3 is 21.3 Å². The molecule has 3 amide bonds. The van der Waals surface area contributed by atoms with Crippen LogP contribution in [0, 0.1) is 11.7 Å². The van der Waals surface area contributed by atoms with Crippen LogP contribution in [0.5, 0.6) is 0 Å². The molecule has 2 aromatic carbocycles. The van der Waals surface area contributed by atoms with Crippen molar-refractivity contribution in [2.24, 2.45) is 11.7 Å². The molecule has 0 saturated carbocycles. The summed E-state index contributed by atoms with van der Waals surface area (Å²) in [6.07, 6.45) is 0. The van der Waals surface area contributed by atoms with Gasteiger partial charge >= 0.3 is 6.03 Å². The lowest BCUT2D eigenvalue weighted by molar-refractivity contribution is -0.119. The molecule has 4 N–H and O–H groups in total. The normalized spacial score (nSPS) is 18.7. The van der Waals surface area contributed by atoms with Crippen LogP contribution in [0.2, 0.25) is 0 Å². The molecule has 0 fully saturated rings. The van der Waals surface area contributed by atoms with Crippen LogP contribution in [0.25, 0.3) is 10.9 Å². The first-order chi connectivity index (χ1) is 14.4. The number of carbonyl (C=O) groups excluding carboxylic acids is 2. The standard InChI is InChI=1S/C21H21FN6O2/c1-12-10-28(21(30)24-14-8-6-13(22)7-9-14)11-17-25-16-5-3-2-4-15(16)20(26-17)27-18(12)19(23)29/h2-9,12,18H,10-11H2,1H3,(H2,23,29)(H,24,30)(H,25,26,27)/t12?,18-/m0/s1. The summed E-state index contributed by atoms with van der Waals surface area (Å²) < 4.78 is 13.1. The molecule has 8 nitrogen and oxygen atoms in total. The number of nitrogens with one attached hydrogen (secondary N) is 2. The van der Waals surface area contributed by atoms with Gasteiger partial charge in [0, 0.05) is 23.5 Å². The zero-order valence-corrected chi connectivity index (χ0v) is 16.3. The molecule has 1 aliphatic rings. The highest BCUT2D eigenvalue weighted by Crippen LogP contribution is 2.25. The Balaban J connectivity index is 1.70. The van der Waals surface area contributed by atoms with E-state index in [1.165, 1.54) is 29.2 Å². The van der Waals surface area contributed by atoms with E-state index in [1.807, 2.05) is 31.2 Å². The SMILES string of the molecule is CC1CN(C(=O)Nc2ccc(F)cc2)Cc2nc(c3ccccc3n2)N[C@@H]1C(N)=O. The number of hydrogen-bond donors (Lipinski definition) is 3. The number of anilines is 2. The van der Waals surface area contributed by atoms with Gasteiger partial charge in [0.2, 0.25) is 5.91 Å². The van der Waals surface area contributed by atoms with Gasteiger partial charge in [-0.1, -0.05) is 19.1 Å². The number of urea groups is 1. The zero-order valence-electron chi connectivity index (χ0n) is 16.3. The van der Waals surface area contributed by atoms with E-state index in [1.54, 1.807) is 0 Å². The number of amides is 3. The molecule has 2 atom stereocenters. The first kappa shape index (κ1) is 19.6. The molecule has 2 bridgehead atoms. The maximum atomic E-state index is 13.1. The Morgan fingerprint density at radius 2 is 1.90 bits per heavy atom. The number of halogens is 1. The van der Waals surface area contributed by atoms with Crippen molar-refractivity contribution in [3.63, 3.8) is 0 Å². The third kappa shape index (κ3) is 4.00. The van der Waals surface area contributed by atoms with Gasteiger partial charge in [0.25, 0.3) is 0 Å². The van der Waals surface area contributed by atoms with Crippen LogP contribution in [0.4, 0.5) is 20.7 Å². The molecule has 1 aromatic heterocycles. The predicted molar refractivity (Wildman–Crippen MR) is 111 cm³/mol. The van der Waals surface area contributed by atoms with Gasteiger partial charge in [0.15, 0.2) is 5.82 Å². The maximum Gasteiger partial charge on any atom is 0.322 e. The topological polar surface area (TPSA) is 113 Å². The van der Waals surface area contributed by atoms with E-state index < -0.39 is 23.8 Å². The molecule has 30 heavy (non-hydrogen) atoms. The summed E-state index contributed by atoms with van der Waals surface area (Å²) in [7, 11) is 0. The third-order valence-corrected chi connectivity index (χ3v) is 5.04. The third-order valence-electron chi connectivity index (χ3n) is 5.04. The summed E-state index contributed by atoms with van der Waals surface area (Å²) in [5.41, 5.74) is 6.79. The van der Waals surface area contributed by atoms with Crippen molar-refractivity contribution >= 4 is 34.3 Å². The van der Waals surface area contributed by atoms with Crippen LogP contribution in [0.1, 0.15) is 12.7 Å². The molecule has 2 heterocycles. The van der Waals surface area contributed by atoms with Crippen molar-refractivity contribution in [1.29, 1.82) is 0 Å². The molecule has 4 rings (SSSR count). The number of primary amides is 1. The summed E-state index contributed by atoms with van der Waals surface area (Å²) in [6, 6.07) is 11.8. The Labute approximate surface area is 172 Å². The Morgan fingerprint density at radius 3 is 2.63 bits per heavy atom. The van der Waals surface area contributed by atoms with E-state index in [9.17, 15) is 14.0 Å². The second kappa shape index (κ2) is 7.94.